The minimum absolute atomic E-state index is 0.0336. The number of carbonyl (C=O) groups is 1. The maximum Gasteiger partial charge on any atom is 0.239 e. The third kappa shape index (κ3) is 6.65. The zero-order valence-corrected chi connectivity index (χ0v) is 14.9. The van der Waals surface area contributed by atoms with Crippen LogP contribution < -0.4 is 15.4 Å². The molecule has 1 aromatic rings. The van der Waals surface area contributed by atoms with Crippen molar-refractivity contribution in [2.75, 3.05) is 18.4 Å². The van der Waals surface area contributed by atoms with Crippen LogP contribution in [-0.4, -0.2) is 25.1 Å². The summed E-state index contributed by atoms with van der Waals surface area (Å²) in [6.07, 6.45) is 9.50. The molecule has 0 fully saturated rings. The number of ether oxygens (including phenoxy) is 1. The molecule has 2 N–H and O–H groups in total. The first-order chi connectivity index (χ1) is 11.7. The fourth-order valence-electron chi connectivity index (χ4n) is 2.71. The van der Waals surface area contributed by atoms with Gasteiger partial charge in [-0.05, 0) is 69.7 Å². The Morgan fingerprint density at radius 2 is 2.04 bits per heavy atom. The largest absolute Gasteiger partial charge is 0.491 e. The molecule has 24 heavy (non-hydrogen) atoms. The summed E-state index contributed by atoms with van der Waals surface area (Å²) in [5, 5.41) is 6.12. The Morgan fingerprint density at radius 1 is 1.25 bits per heavy atom. The van der Waals surface area contributed by atoms with Gasteiger partial charge >= 0.3 is 0 Å². The Bertz CT molecular complexity index is 537. The van der Waals surface area contributed by atoms with E-state index >= 15 is 0 Å². The second kappa shape index (κ2) is 10.0. The molecule has 132 valence electrons. The zero-order chi connectivity index (χ0) is 17.2. The van der Waals surface area contributed by atoms with E-state index in [4.69, 9.17) is 4.74 Å². The fourth-order valence-corrected chi connectivity index (χ4v) is 2.71. The van der Waals surface area contributed by atoms with Gasteiger partial charge in [0.1, 0.15) is 5.75 Å². The molecule has 2 rings (SSSR count). The number of rotatable bonds is 9. The summed E-state index contributed by atoms with van der Waals surface area (Å²) in [5.74, 6) is 0.895. The third-order valence-electron chi connectivity index (χ3n) is 4.37. The third-order valence-corrected chi connectivity index (χ3v) is 4.37. The maximum absolute atomic E-state index is 11.9. The number of amides is 1. The van der Waals surface area contributed by atoms with Crippen LogP contribution >= 0.6 is 0 Å². The Balaban J connectivity index is 1.65. The summed E-state index contributed by atoms with van der Waals surface area (Å²) in [6, 6.07) is 7.75. The van der Waals surface area contributed by atoms with Gasteiger partial charge in [-0.25, -0.2) is 0 Å². The van der Waals surface area contributed by atoms with Gasteiger partial charge < -0.3 is 15.4 Å². The summed E-state index contributed by atoms with van der Waals surface area (Å²) in [6.45, 7) is 5.18. The highest BCUT2D eigenvalue weighted by molar-refractivity contribution is 5.80. The summed E-state index contributed by atoms with van der Waals surface area (Å²) in [4.78, 5) is 11.9. The van der Waals surface area contributed by atoms with Crippen molar-refractivity contribution in [3.8, 4) is 5.75 Å². The van der Waals surface area contributed by atoms with Gasteiger partial charge in [-0.1, -0.05) is 18.6 Å². The predicted octanol–water partition coefficient (Wildman–Crippen LogP) is 4.28. The molecule has 1 aliphatic carbocycles. The van der Waals surface area contributed by atoms with Gasteiger partial charge in [-0.3, -0.25) is 4.79 Å². The first-order valence-corrected chi connectivity index (χ1v) is 9.12. The van der Waals surface area contributed by atoms with Crippen LogP contribution in [-0.2, 0) is 4.79 Å². The zero-order valence-electron chi connectivity index (χ0n) is 14.9. The van der Waals surface area contributed by atoms with Gasteiger partial charge in [0.15, 0.2) is 0 Å². The highest BCUT2D eigenvalue weighted by Crippen LogP contribution is 2.19. The Hall–Kier alpha value is -1.97. The smallest absolute Gasteiger partial charge is 0.239 e. The van der Waals surface area contributed by atoms with Crippen molar-refractivity contribution in [2.24, 2.45) is 0 Å². The van der Waals surface area contributed by atoms with E-state index < -0.39 is 0 Å². The van der Waals surface area contributed by atoms with Crippen LogP contribution in [0.2, 0.25) is 0 Å². The monoisotopic (exact) mass is 330 g/mol. The summed E-state index contributed by atoms with van der Waals surface area (Å²) >= 11 is 0. The van der Waals surface area contributed by atoms with Crippen molar-refractivity contribution in [3.63, 3.8) is 0 Å². The normalized spacial score (nSPS) is 15.3. The Labute approximate surface area is 145 Å². The molecule has 0 heterocycles. The van der Waals surface area contributed by atoms with Crippen LogP contribution in [0.4, 0.5) is 5.69 Å². The van der Waals surface area contributed by atoms with Crippen LogP contribution in [0.1, 0.15) is 52.4 Å². The molecule has 0 radical (unpaired) electrons. The van der Waals surface area contributed by atoms with E-state index in [1.807, 2.05) is 24.3 Å². The SMILES string of the molecule is CCC(C)Oc1ccc(NCC(=O)NCCC2=CCCCC2)cc1. The van der Waals surface area contributed by atoms with Gasteiger partial charge in [0.05, 0.1) is 12.6 Å². The predicted molar refractivity (Wildman–Crippen MR) is 99.5 cm³/mol. The molecule has 1 atom stereocenters. The molecule has 4 nitrogen and oxygen atoms in total. The van der Waals surface area contributed by atoms with Gasteiger partial charge in [-0.2, -0.15) is 0 Å². The number of hydrogen-bond acceptors (Lipinski definition) is 3. The number of allylic oxidation sites excluding steroid dienone is 1. The van der Waals surface area contributed by atoms with Crippen LogP contribution in [0.15, 0.2) is 35.9 Å². The second-order valence-electron chi connectivity index (χ2n) is 6.42. The molecular formula is C20H30N2O2. The summed E-state index contributed by atoms with van der Waals surface area (Å²) < 4.78 is 5.74. The summed E-state index contributed by atoms with van der Waals surface area (Å²) in [5.41, 5.74) is 2.42. The van der Waals surface area contributed by atoms with E-state index in [9.17, 15) is 4.79 Å². The highest BCUT2D eigenvalue weighted by Gasteiger charge is 2.05. The number of anilines is 1. The molecule has 0 saturated carbocycles. The molecule has 0 aliphatic heterocycles. The van der Waals surface area contributed by atoms with Gasteiger partial charge in [0.2, 0.25) is 5.91 Å². The van der Waals surface area contributed by atoms with Gasteiger partial charge in [-0.15, -0.1) is 0 Å². The molecule has 0 aromatic heterocycles. The van der Waals surface area contributed by atoms with E-state index in [0.717, 1.165) is 30.8 Å². The first kappa shape index (κ1) is 18.4. The van der Waals surface area contributed by atoms with Gasteiger partial charge in [0.25, 0.3) is 0 Å². The minimum atomic E-state index is 0.0336. The van der Waals surface area contributed by atoms with Crippen LogP contribution in [0.5, 0.6) is 5.75 Å². The van der Waals surface area contributed by atoms with E-state index in [1.54, 1.807) is 0 Å². The first-order valence-electron chi connectivity index (χ1n) is 9.12. The van der Waals surface area contributed by atoms with Crippen LogP contribution in [0.25, 0.3) is 0 Å². The van der Waals surface area contributed by atoms with E-state index in [-0.39, 0.29) is 12.0 Å². The number of benzene rings is 1. The van der Waals surface area contributed by atoms with E-state index in [0.29, 0.717) is 6.54 Å². The molecule has 4 heteroatoms. The highest BCUT2D eigenvalue weighted by atomic mass is 16.5. The lowest BCUT2D eigenvalue weighted by atomic mass is 9.97. The molecule has 0 saturated heterocycles. The topological polar surface area (TPSA) is 50.4 Å². The lowest BCUT2D eigenvalue weighted by Crippen LogP contribution is -2.30. The molecule has 1 unspecified atom stereocenters. The standard InChI is InChI=1S/C20H30N2O2/c1-3-16(2)24-19-11-9-18(10-12-19)22-15-20(23)21-14-13-17-7-5-4-6-8-17/h7,9-12,16,22H,3-6,8,13-15H2,1-2H3,(H,21,23). The summed E-state index contributed by atoms with van der Waals surface area (Å²) in [7, 11) is 0. The minimum Gasteiger partial charge on any atom is -0.491 e. The second-order valence-corrected chi connectivity index (χ2v) is 6.42. The molecular weight excluding hydrogens is 300 g/mol. The number of carbonyl (C=O) groups excluding carboxylic acids is 1. The average Bonchev–Trinajstić information content (AvgIpc) is 2.62. The van der Waals surface area contributed by atoms with Crippen molar-refractivity contribution in [2.45, 2.75) is 58.5 Å². The molecule has 0 bridgehead atoms. The molecule has 1 aromatic carbocycles. The van der Waals surface area contributed by atoms with Crippen molar-refractivity contribution in [3.05, 3.63) is 35.9 Å². The van der Waals surface area contributed by atoms with Crippen molar-refractivity contribution < 1.29 is 9.53 Å². The number of nitrogens with one attached hydrogen (secondary N) is 2. The van der Waals surface area contributed by atoms with E-state index in [1.165, 1.54) is 31.3 Å². The number of hydrogen-bond donors (Lipinski definition) is 2. The average molecular weight is 330 g/mol. The van der Waals surface area contributed by atoms with Crippen molar-refractivity contribution >= 4 is 11.6 Å². The van der Waals surface area contributed by atoms with Crippen LogP contribution in [0, 0.1) is 0 Å². The van der Waals surface area contributed by atoms with Crippen molar-refractivity contribution in [1.82, 2.24) is 5.32 Å². The van der Waals surface area contributed by atoms with E-state index in [2.05, 4.69) is 30.6 Å². The lowest BCUT2D eigenvalue weighted by molar-refractivity contribution is -0.119. The van der Waals surface area contributed by atoms with Gasteiger partial charge in [0, 0.05) is 12.2 Å². The molecule has 1 aliphatic rings. The Morgan fingerprint density at radius 3 is 2.71 bits per heavy atom. The fraction of sp³-hybridized carbons (Fsp3) is 0.550. The lowest BCUT2D eigenvalue weighted by Gasteiger charge is -2.14. The molecule has 0 spiro atoms. The van der Waals surface area contributed by atoms with Crippen molar-refractivity contribution in [1.29, 1.82) is 0 Å². The van der Waals surface area contributed by atoms with Crippen LogP contribution in [0.3, 0.4) is 0 Å². The molecule has 1 amide bonds. The Kier molecular flexibility index (Phi) is 7.66. The quantitative estimate of drug-likeness (QED) is 0.664. The maximum atomic E-state index is 11.9.